The summed E-state index contributed by atoms with van der Waals surface area (Å²) in [6.07, 6.45) is 3.40. The van der Waals surface area contributed by atoms with Gasteiger partial charge in [0.2, 0.25) is 0 Å². The van der Waals surface area contributed by atoms with Gasteiger partial charge in [-0.15, -0.1) is 0 Å². The Labute approximate surface area is 107 Å². The maximum absolute atomic E-state index is 11.8. The van der Waals surface area contributed by atoms with Crippen molar-refractivity contribution in [2.45, 2.75) is 26.7 Å². The van der Waals surface area contributed by atoms with E-state index in [1.165, 1.54) is 6.20 Å². The quantitative estimate of drug-likeness (QED) is 0.822. The van der Waals surface area contributed by atoms with Gasteiger partial charge in [-0.2, -0.15) is 0 Å². The lowest BCUT2D eigenvalue weighted by Gasteiger charge is -2.08. The highest BCUT2D eigenvalue weighted by molar-refractivity contribution is 6.33. The van der Waals surface area contributed by atoms with Crippen LogP contribution in [-0.2, 0) is 0 Å². The molecule has 17 heavy (non-hydrogen) atoms. The minimum absolute atomic E-state index is 0.154. The van der Waals surface area contributed by atoms with Crippen LogP contribution in [0.3, 0.4) is 0 Å². The number of amides is 1. The lowest BCUT2D eigenvalue weighted by Crippen LogP contribution is -2.24. The van der Waals surface area contributed by atoms with Crippen LogP contribution in [0.1, 0.15) is 37.0 Å². The van der Waals surface area contributed by atoms with Gasteiger partial charge in [-0.25, -0.2) is 4.98 Å². The SMILES string of the molecule is CCCNC(=O)c1cc(NCCC)ncc1Cl. The van der Waals surface area contributed by atoms with Gasteiger partial charge in [-0.1, -0.05) is 25.4 Å². The average molecular weight is 256 g/mol. The van der Waals surface area contributed by atoms with E-state index in [2.05, 4.69) is 22.5 Å². The molecule has 1 rings (SSSR count). The molecule has 0 fully saturated rings. The Balaban J connectivity index is 2.78. The first-order valence-corrected chi connectivity index (χ1v) is 6.24. The molecule has 2 N–H and O–H groups in total. The minimum atomic E-state index is -0.154. The fourth-order valence-corrected chi connectivity index (χ4v) is 1.49. The van der Waals surface area contributed by atoms with Crippen molar-refractivity contribution in [1.82, 2.24) is 10.3 Å². The molecular formula is C12H18ClN3O. The monoisotopic (exact) mass is 255 g/mol. The largest absolute Gasteiger partial charge is 0.370 e. The van der Waals surface area contributed by atoms with Crippen molar-refractivity contribution in [3.63, 3.8) is 0 Å². The zero-order valence-corrected chi connectivity index (χ0v) is 11.0. The highest BCUT2D eigenvalue weighted by Crippen LogP contribution is 2.17. The Morgan fingerprint density at radius 1 is 1.35 bits per heavy atom. The van der Waals surface area contributed by atoms with E-state index >= 15 is 0 Å². The van der Waals surface area contributed by atoms with Crippen LogP contribution in [0, 0.1) is 0 Å². The summed E-state index contributed by atoms with van der Waals surface area (Å²) >= 11 is 5.95. The van der Waals surface area contributed by atoms with Crippen molar-refractivity contribution in [3.8, 4) is 0 Å². The van der Waals surface area contributed by atoms with Crippen molar-refractivity contribution in [2.24, 2.45) is 0 Å². The molecule has 0 aliphatic carbocycles. The summed E-state index contributed by atoms with van der Waals surface area (Å²) in [5.74, 6) is 0.525. The van der Waals surface area contributed by atoms with Gasteiger partial charge < -0.3 is 10.6 Å². The van der Waals surface area contributed by atoms with Crippen LogP contribution in [0.25, 0.3) is 0 Å². The number of carbonyl (C=O) groups is 1. The molecule has 0 aromatic carbocycles. The number of anilines is 1. The van der Waals surface area contributed by atoms with E-state index in [1.54, 1.807) is 6.07 Å². The predicted molar refractivity (Wildman–Crippen MR) is 70.7 cm³/mol. The molecule has 4 nitrogen and oxygen atoms in total. The Morgan fingerprint density at radius 3 is 2.71 bits per heavy atom. The smallest absolute Gasteiger partial charge is 0.252 e. The molecular weight excluding hydrogens is 238 g/mol. The fourth-order valence-electron chi connectivity index (χ4n) is 1.30. The van der Waals surface area contributed by atoms with E-state index in [-0.39, 0.29) is 5.91 Å². The number of carbonyl (C=O) groups excluding carboxylic acids is 1. The Kier molecular flexibility index (Phi) is 5.77. The highest BCUT2D eigenvalue weighted by atomic mass is 35.5. The second kappa shape index (κ2) is 7.12. The minimum Gasteiger partial charge on any atom is -0.370 e. The summed E-state index contributed by atoms with van der Waals surface area (Å²) in [7, 11) is 0. The Morgan fingerprint density at radius 2 is 2.06 bits per heavy atom. The van der Waals surface area contributed by atoms with Crippen LogP contribution in [0.15, 0.2) is 12.3 Å². The topological polar surface area (TPSA) is 54.0 Å². The summed E-state index contributed by atoms with van der Waals surface area (Å²) in [5.41, 5.74) is 0.466. The van der Waals surface area contributed by atoms with Gasteiger partial charge >= 0.3 is 0 Å². The van der Waals surface area contributed by atoms with Crippen LogP contribution in [0.4, 0.5) is 5.82 Å². The van der Waals surface area contributed by atoms with Crippen molar-refractivity contribution in [2.75, 3.05) is 18.4 Å². The first kappa shape index (κ1) is 13.8. The summed E-state index contributed by atoms with van der Waals surface area (Å²) in [4.78, 5) is 15.9. The molecule has 1 aromatic rings. The summed E-state index contributed by atoms with van der Waals surface area (Å²) in [6.45, 7) is 5.54. The summed E-state index contributed by atoms with van der Waals surface area (Å²) in [6, 6.07) is 1.68. The number of hydrogen-bond donors (Lipinski definition) is 2. The van der Waals surface area contributed by atoms with Gasteiger partial charge in [0.05, 0.1) is 10.6 Å². The maximum atomic E-state index is 11.8. The number of rotatable bonds is 6. The van der Waals surface area contributed by atoms with Crippen molar-refractivity contribution in [1.29, 1.82) is 0 Å². The summed E-state index contributed by atoms with van der Waals surface area (Å²) in [5, 5.41) is 6.29. The van der Waals surface area contributed by atoms with Crippen molar-refractivity contribution >= 4 is 23.3 Å². The first-order valence-electron chi connectivity index (χ1n) is 5.86. The zero-order chi connectivity index (χ0) is 12.7. The van der Waals surface area contributed by atoms with Crippen LogP contribution in [0.2, 0.25) is 5.02 Å². The van der Waals surface area contributed by atoms with Gasteiger partial charge in [0, 0.05) is 19.3 Å². The van der Waals surface area contributed by atoms with E-state index in [1.807, 2.05) is 6.92 Å². The second-order valence-corrected chi connectivity index (χ2v) is 4.14. The second-order valence-electron chi connectivity index (χ2n) is 3.73. The lowest BCUT2D eigenvalue weighted by molar-refractivity contribution is 0.0954. The number of nitrogens with zero attached hydrogens (tertiary/aromatic N) is 1. The molecule has 5 heteroatoms. The van der Waals surface area contributed by atoms with Gasteiger partial charge in [0.25, 0.3) is 5.91 Å². The molecule has 0 spiro atoms. The molecule has 1 aromatic heterocycles. The first-order chi connectivity index (χ1) is 8.19. The predicted octanol–water partition coefficient (Wildman–Crippen LogP) is 2.70. The molecule has 1 amide bonds. The number of hydrogen-bond acceptors (Lipinski definition) is 3. The fraction of sp³-hybridized carbons (Fsp3) is 0.500. The van der Waals surface area contributed by atoms with Gasteiger partial charge in [0.1, 0.15) is 5.82 Å². The summed E-state index contributed by atoms with van der Waals surface area (Å²) < 4.78 is 0. The molecule has 1 heterocycles. The van der Waals surface area contributed by atoms with Crippen LogP contribution in [0.5, 0.6) is 0 Å². The molecule has 0 unspecified atom stereocenters. The molecule has 0 aliphatic rings. The van der Waals surface area contributed by atoms with E-state index < -0.39 is 0 Å². The van der Waals surface area contributed by atoms with Gasteiger partial charge in [-0.05, 0) is 18.9 Å². The third-order valence-electron chi connectivity index (χ3n) is 2.19. The number of pyridine rings is 1. The third kappa shape index (κ3) is 4.23. The van der Waals surface area contributed by atoms with E-state index in [4.69, 9.17) is 11.6 Å². The van der Waals surface area contributed by atoms with E-state index in [9.17, 15) is 4.79 Å². The molecule has 0 saturated carbocycles. The maximum Gasteiger partial charge on any atom is 0.252 e. The number of nitrogens with one attached hydrogen (secondary N) is 2. The Hall–Kier alpha value is -1.29. The molecule has 94 valence electrons. The third-order valence-corrected chi connectivity index (χ3v) is 2.49. The molecule has 0 bridgehead atoms. The van der Waals surface area contributed by atoms with E-state index in [0.29, 0.717) is 22.9 Å². The van der Waals surface area contributed by atoms with Gasteiger partial charge in [0.15, 0.2) is 0 Å². The molecule has 0 radical (unpaired) electrons. The lowest BCUT2D eigenvalue weighted by atomic mass is 10.2. The number of aromatic nitrogens is 1. The molecule has 0 aliphatic heterocycles. The number of halogens is 1. The average Bonchev–Trinajstić information content (AvgIpc) is 2.35. The highest BCUT2D eigenvalue weighted by Gasteiger charge is 2.11. The standard InChI is InChI=1S/C12H18ClN3O/c1-3-5-14-11-7-9(10(13)8-16-11)12(17)15-6-4-2/h7-8H,3-6H2,1-2H3,(H,14,16)(H,15,17). The van der Waals surface area contributed by atoms with Crippen LogP contribution in [-0.4, -0.2) is 24.0 Å². The molecule has 0 atom stereocenters. The van der Waals surface area contributed by atoms with Crippen molar-refractivity contribution < 1.29 is 4.79 Å². The van der Waals surface area contributed by atoms with E-state index in [0.717, 1.165) is 19.4 Å². The molecule has 0 saturated heterocycles. The van der Waals surface area contributed by atoms with Crippen LogP contribution < -0.4 is 10.6 Å². The van der Waals surface area contributed by atoms with Gasteiger partial charge in [-0.3, -0.25) is 4.79 Å². The van der Waals surface area contributed by atoms with Crippen LogP contribution >= 0.6 is 11.6 Å². The van der Waals surface area contributed by atoms with Crippen molar-refractivity contribution in [3.05, 3.63) is 22.8 Å². The Bertz CT molecular complexity index is 382. The zero-order valence-electron chi connectivity index (χ0n) is 10.2. The normalized spacial score (nSPS) is 10.1.